The number of nitrogens with one attached hydrogen (secondary N) is 2. The zero-order valence-electron chi connectivity index (χ0n) is 18.6. The van der Waals surface area contributed by atoms with Gasteiger partial charge in [0, 0.05) is 37.0 Å². The van der Waals surface area contributed by atoms with Crippen molar-refractivity contribution in [3.63, 3.8) is 0 Å². The van der Waals surface area contributed by atoms with Gasteiger partial charge in [0.1, 0.15) is 11.6 Å². The Morgan fingerprint density at radius 3 is 2.91 bits per heavy atom. The predicted molar refractivity (Wildman–Crippen MR) is 126 cm³/mol. The Kier molecular flexibility index (Phi) is 6.00. The van der Waals surface area contributed by atoms with Crippen LogP contribution in [0, 0.1) is 5.82 Å². The number of hydrogen-bond donors (Lipinski definition) is 2. The molecule has 2 fully saturated rings. The Balaban J connectivity index is 1.74. The van der Waals surface area contributed by atoms with Gasteiger partial charge in [0.2, 0.25) is 0 Å². The minimum absolute atomic E-state index is 0.00367. The van der Waals surface area contributed by atoms with E-state index in [1.54, 1.807) is 18.3 Å². The fraction of sp³-hybridized carbons (Fsp3) is 0.391. The molecular weight excluding hydrogens is 443 g/mol. The molecule has 0 spiro atoms. The van der Waals surface area contributed by atoms with Crippen molar-refractivity contribution in [2.45, 2.75) is 30.3 Å². The Morgan fingerprint density at radius 1 is 1.30 bits per heavy atom. The van der Waals surface area contributed by atoms with Crippen LogP contribution in [0.4, 0.5) is 15.9 Å². The summed E-state index contributed by atoms with van der Waals surface area (Å²) in [6, 6.07) is 9.88. The Hall–Kier alpha value is -2.66. The third kappa shape index (κ3) is 4.31. The highest BCUT2D eigenvalue weighted by Crippen LogP contribution is 2.36. The molecule has 0 bridgehead atoms. The lowest BCUT2D eigenvalue weighted by atomic mass is 10.1. The molecule has 0 saturated carbocycles. The molecule has 2 aliphatic heterocycles. The van der Waals surface area contributed by atoms with Crippen molar-refractivity contribution >= 4 is 32.1 Å². The Morgan fingerprint density at radius 2 is 2.15 bits per heavy atom. The maximum atomic E-state index is 14.5. The van der Waals surface area contributed by atoms with Gasteiger partial charge in [-0.2, -0.15) is 4.36 Å². The van der Waals surface area contributed by atoms with Crippen LogP contribution < -0.4 is 15.8 Å². The summed E-state index contributed by atoms with van der Waals surface area (Å²) in [4.78, 5) is 11.9. The van der Waals surface area contributed by atoms with Gasteiger partial charge in [-0.15, -0.1) is 0 Å². The highest BCUT2D eigenvalue weighted by molar-refractivity contribution is 7.93. The van der Waals surface area contributed by atoms with Crippen molar-refractivity contribution in [1.82, 2.24) is 20.8 Å². The second-order valence-electron chi connectivity index (χ2n) is 8.45. The van der Waals surface area contributed by atoms with Gasteiger partial charge < -0.3 is 9.64 Å². The largest absolute Gasteiger partial charge is 0.377 e. The number of benzene rings is 1. The zero-order valence-corrected chi connectivity index (χ0v) is 19.4. The molecule has 0 amide bonds. The highest BCUT2D eigenvalue weighted by atomic mass is 32.2. The molecule has 0 aliphatic carbocycles. The minimum atomic E-state index is -3.05. The topological polar surface area (TPSA) is 91.7 Å². The van der Waals surface area contributed by atoms with Gasteiger partial charge in [0.15, 0.2) is 0 Å². The monoisotopic (exact) mass is 470 g/mol. The molecule has 33 heavy (non-hydrogen) atoms. The Labute approximate surface area is 192 Å². The first-order valence-electron chi connectivity index (χ1n) is 11.0. The lowest BCUT2D eigenvalue weighted by molar-refractivity contribution is 0.0986. The van der Waals surface area contributed by atoms with Crippen molar-refractivity contribution in [3.8, 4) is 0 Å². The summed E-state index contributed by atoms with van der Waals surface area (Å²) in [7, 11) is -3.05. The third-order valence-electron chi connectivity index (χ3n) is 6.06. The van der Waals surface area contributed by atoms with Crippen molar-refractivity contribution in [3.05, 3.63) is 54.1 Å². The average Bonchev–Trinajstić information content (AvgIpc) is 3.34. The first-order valence-corrected chi connectivity index (χ1v) is 13.0. The van der Waals surface area contributed by atoms with E-state index in [0.717, 1.165) is 29.9 Å². The summed E-state index contributed by atoms with van der Waals surface area (Å²) in [5.74, 6) is 0.193. The van der Waals surface area contributed by atoms with E-state index >= 15 is 0 Å². The lowest BCUT2D eigenvalue weighted by Gasteiger charge is -2.34. The molecular formula is C23H27FN6O2S. The van der Waals surface area contributed by atoms with Crippen LogP contribution in [0.3, 0.4) is 0 Å². The molecule has 2 aliphatic rings. The van der Waals surface area contributed by atoms with Gasteiger partial charge >= 0.3 is 0 Å². The number of halogens is 1. The number of nitrogens with zero attached hydrogens (tertiary/aromatic N) is 4. The maximum absolute atomic E-state index is 14.5. The quantitative estimate of drug-likeness (QED) is 0.604. The van der Waals surface area contributed by atoms with E-state index in [0.29, 0.717) is 31.0 Å². The van der Waals surface area contributed by atoms with Crippen LogP contribution in [0.5, 0.6) is 0 Å². The van der Waals surface area contributed by atoms with Crippen LogP contribution in [-0.4, -0.2) is 52.8 Å². The van der Waals surface area contributed by atoms with Crippen LogP contribution in [0.1, 0.15) is 25.1 Å². The van der Waals surface area contributed by atoms with Gasteiger partial charge in [0.25, 0.3) is 0 Å². The van der Waals surface area contributed by atoms with E-state index in [9.17, 15) is 8.60 Å². The molecule has 2 saturated heterocycles. The molecule has 2 aromatic heterocycles. The van der Waals surface area contributed by atoms with E-state index in [2.05, 4.69) is 32.0 Å². The summed E-state index contributed by atoms with van der Waals surface area (Å²) in [5, 5.41) is 0.740. The maximum Gasteiger partial charge on any atom is 0.140 e. The van der Waals surface area contributed by atoms with Gasteiger partial charge in [-0.25, -0.2) is 19.0 Å². The standard InChI is InChI=1S/C23H27FN6O2S/c1-15-14-32-12-11-30(15)21-13-19(29-33(2,31)20-6-4-3-5-17(20)24)16-7-9-25-23(22(16)27-21)18-8-10-26-28-18/h3-7,9,13,15,18,26,28H,8,10-12,14H2,1-2H3/t15-,18?,33+/m1/s1. The number of aromatic nitrogens is 2. The fourth-order valence-electron chi connectivity index (χ4n) is 4.36. The van der Waals surface area contributed by atoms with Crippen LogP contribution >= 0.6 is 0 Å². The number of pyridine rings is 2. The number of anilines is 1. The van der Waals surface area contributed by atoms with Crippen LogP contribution in [-0.2, 0) is 14.5 Å². The first-order chi connectivity index (χ1) is 15.9. The first kappa shape index (κ1) is 22.1. The van der Waals surface area contributed by atoms with Crippen LogP contribution in [0.2, 0.25) is 0 Å². The molecule has 1 aromatic carbocycles. The number of hydrogen-bond acceptors (Lipinski definition) is 8. The normalized spacial score (nSPS) is 22.9. The van der Waals surface area contributed by atoms with E-state index in [1.807, 2.05) is 12.1 Å². The summed E-state index contributed by atoms with van der Waals surface area (Å²) < 4.78 is 38.3. The van der Waals surface area contributed by atoms with Gasteiger partial charge in [-0.1, -0.05) is 12.1 Å². The molecule has 4 heterocycles. The van der Waals surface area contributed by atoms with E-state index in [1.165, 1.54) is 18.4 Å². The fourth-order valence-corrected chi connectivity index (χ4v) is 5.75. The molecule has 8 nitrogen and oxygen atoms in total. The Bertz CT molecular complexity index is 1300. The van der Waals surface area contributed by atoms with E-state index in [-0.39, 0.29) is 17.0 Å². The summed E-state index contributed by atoms with van der Waals surface area (Å²) in [5.41, 5.74) is 8.43. The summed E-state index contributed by atoms with van der Waals surface area (Å²) in [6.07, 6.45) is 4.06. The van der Waals surface area contributed by atoms with Crippen molar-refractivity contribution < 1.29 is 13.3 Å². The van der Waals surface area contributed by atoms with Crippen LogP contribution in [0.25, 0.3) is 10.9 Å². The zero-order chi connectivity index (χ0) is 23.0. The smallest absolute Gasteiger partial charge is 0.140 e. The third-order valence-corrected chi connectivity index (χ3v) is 7.76. The molecule has 0 radical (unpaired) electrons. The summed E-state index contributed by atoms with van der Waals surface area (Å²) in [6.45, 7) is 4.80. The van der Waals surface area contributed by atoms with Gasteiger partial charge in [0.05, 0.1) is 56.8 Å². The second-order valence-corrected chi connectivity index (χ2v) is 10.7. The minimum Gasteiger partial charge on any atom is -0.377 e. The van der Waals surface area contributed by atoms with Crippen molar-refractivity contribution in [2.24, 2.45) is 4.36 Å². The molecule has 1 unspecified atom stereocenters. The number of morpholine rings is 1. The van der Waals surface area contributed by atoms with Crippen molar-refractivity contribution in [2.75, 3.05) is 37.5 Å². The predicted octanol–water partition coefficient (Wildman–Crippen LogP) is 3.32. The SMILES string of the molecule is C[C@@H]1COCCN1c1cc(N=[S@@](C)(=O)c2ccccc2F)c2ccnc(C3CCNN3)c2n1. The average molecular weight is 471 g/mol. The molecule has 5 rings (SSSR count). The molecule has 3 aromatic rings. The molecule has 3 atom stereocenters. The van der Waals surface area contributed by atoms with Gasteiger partial charge in [-0.05, 0) is 31.5 Å². The number of fused-ring (bicyclic) bond motifs is 1. The summed E-state index contributed by atoms with van der Waals surface area (Å²) >= 11 is 0. The number of hydrazine groups is 1. The van der Waals surface area contributed by atoms with Crippen LogP contribution in [0.15, 0.2) is 51.9 Å². The second kappa shape index (κ2) is 8.94. The van der Waals surface area contributed by atoms with Gasteiger partial charge in [-0.3, -0.25) is 10.4 Å². The molecule has 174 valence electrons. The van der Waals surface area contributed by atoms with E-state index < -0.39 is 15.5 Å². The van der Waals surface area contributed by atoms with Crippen molar-refractivity contribution in [1.29, 1.82) is 0 Å². The number of rotatable bonds is 4. The highest BCUT2D eigenvalue weighted by Gasteiger charge is 2.26. The lowest BCUT2D eigenvalue weighted by Crippen LogP contribution is -2.44. The van der Waals surface area contributed by atoms with E-state index in [4.69, 9.17) is 9.72 Å². The number of ether oxygens (including phenoxy) is 1. The molecule has 2 N–H and O–H groups in total. The molecule has 10 heteroatoms.